The summed E-state index contributed by atoms with van der Waals surface area (Å²) in [4.78, 5) is 22.4. The lowest BCUT2D eigenvalue weighted by atomic mass is 10.2. The highest BCUT2D eigenvalue weighted by Crippen LogP contribution is 2.09. The molecule has 0 saturated heterocycles. The van der Waals surface area contributed by atoms with Crippen molar-refractivity contribution in [2.75, 3.05) is 5.32 Å². The van der Waals surface area contributed by atoms with Gasteiger partial charge in [-0.05, 0) is 30.7 Å². The van der Waals surface area contributed by atoms with Crippen LogP contribution in [0.1, 0.15) is 18.9 Å². The second-order valence-corrected chi connectivity index (χ2v) is 3.80. The Hall–Kier alpha value is -2.61. The van der Waals surface area contributed by atoms with E-state index < -0.39 is 0 Å². The highest BCUT2D eigenvalue weighted by atomic mass is 16.2. The Bertz CT molecular complexity index is 512. The summed E-state index contributed by atoms with van der Waals surface area (Å²) in [5.74, 6) is -0.481. The number of carbonyl (C=O) groups is 2. The number of allylic oxidation sites excluding steroid dienone is 1. The van der Waals surface area contributed by atoms with Crippen molar-refractivity contribution in [2.24, 2.45) is 0 Å². The van der Waals surface area contributed by atoms with Gasteiger partial charge in [0.15, 0.2) is 0 Å². The Balaban J connectivity index is 2.50. The van der Waals surface area contributed by atoms with Crippen LogP contribution in [0.3, 0.4) is 0 Å². The van der Waals surface area contributed by atoms with Gasteiger partial charge in [0.25, 0.3) is 0 Å². The molecule has 5 heteroatoms. The summed E-state index contributed by atoms with van der Waals surface area (Å²) in [7, 11) is 0. The summed E-state index contributed by atoms with van der Waals surface area (Å²) < 4.78 is 0. The van der Waals surface area contributed by atoms with Crippen LogP contribution in [0.5, 0.6) is 0 Å². The normalized spacial score (nSPS) is 9.89. The Kier molecular flexibility index (Phi) is 5.83. The van der Waals surface area contributed by atoms with Crippen LogP contribution in [0, 0.1) is 11.3 Å². The molecule has 0 aliphatic rings. The SMILES string of the molecule is C/C=C/C(=O)Nc1ccc(CNC(=O)CC#N)cc1. The quantitative estimate of drug-likeness (QED) is 0.788. The molecule has 0 spiro atoms. The van der Waals surface area contributed by atoms with E-state index in [0.717, 1.165) is 5.56 Å². The van der Waals surface area contributed by atoms with Gasteiger partial charge in [-0.2, -0.15) is 5.26 Å². The molecule has 5 nitrogen and oxygen atoms in total. The van der Waals surface area contributed by atoms with Gasteiger partial charge < -0.3 is 10.6 Å². The van der Waals surface area contributed by atoms with Crippen LogP contribution in [-0.4, -0.2) is 11.8 Å². The molecule has 0 aromatic heterocycles. The fraction of sp³-hybridized carbons (Fsp3) is 0.214. The van der Waals surface area contributed by atoms with Crippen LogP contribution in [0.15, 0.2) is 36.4 Å². The third-order valence-electron chi connectivity index (χ3n) is 2.27. The van der Waals surface area contributed by atoms with Crippen molar-refractivity contribution >= 4 is 17.5 Å². The van der Waals surface area contributed by atoms with E-state index in [4.69, 9.17) is 5.26 Å². The van der Waals surface area contributed by atoms with Crippen molar-refractivity contribution in [3.05, 3.63) is 42.0 Å². The third-order valence-corrected chi connectivity index (χ3v) is 2.27. The van der Waals surface area contributed by atoms with Crippen LogP contribution in [0.4, 0.5) is 5.69 Å². The minimum Gasteiger partial charge on any atom is -0.351 e. The number of nitriles is 1. The highest BCUT2D eigenvalue weighted by molar-refractivity contribution is 5.99. The van der Waals surface area contributed by atoms with E-state index in [1.54, 1.807) is 43.3 Å². The third kappa shape index (κ3) is 5.50. The van der Waals surface area contributed by atoms with E-state index in [1.807, 2.05) is 0 Å². The number of nitrogens with zero attached hydrogens (tertiary/aromatic N) is 1. The first-order valence-electron chi connectivity index (χ1n) is 5.82. The van der Waals surface area contributed by atoms with Crippen molar-refractivity contribution in [1.29, 1.82) is 5.26 Å². The van der Waals surface area contributed by atoms with E-state index in [9.17, 15) is 9.59 Å². The van der Waals surface area contributed by atoms with Crippen LogP contribution in [0.25, 0.3) is 0 Å². The lowest BCUT2D eigenvalue weighted by Gasteiger charge is -2.05. The number of rotatable bonds is 5. The van der Waals surface area contributed by atoms with Gasteiger partial charge >= 0.3 is 0 Å². The molecule has 2 amide bonds. The smallest absolute Gasteiger partial charge is 0.248 e. The van der Waals surface area contributed by atoms with E-state index >= 15 is 0 Å². The second-order valence-electron chi connectivity index (χ2n) is 3.80. The van der Waals surface area contributed by atoms with Gasteiger partial charge in [0.2, 0.25) is 11.8 Å². The maximum Gasteiger partial charge on any atom is 0.248 e. The number of anilines is 1. The Morgan fingerprint density at radius 2 is 2.00 bits per heavy atom. The van der Waals surface area contributed by atoms with E-state index in [0.29, 0.717) is 12.2 Å². The molecule has 0 unspecified atom stereocenters. The monoisotopic (exact) mass is 257 g/mol. The van der Waals surface area contributed by atoms with Crippen LogP contribution < -0.4 is 10.6 Å². The average Bonchev–Trinajstić information content (AvgIpc) is 2.38. The van der Waals surface area contributed by atoms with Gasteiger partial charge in [-0.1, -0.05) is 18.2 Å². The number of benzene rings is 1. The molecule has 1 aromatic rings. The molecule has 1 rings (SSSR count). The summed E-state index contributed by atoms with van der Waals surface area (Å²) in [6.45, 7) is 2.14. The molecule has 98 valence electrons. The van der Waals surface area contributed by atoms with Gasteiger partial charge in [0, 0.05) is 12.2 Å². The topological polar surface area (TPSA) is 82.0 Å². The number of carbonyl (C=O) groups excluding carboxylic acids is 2. The summed E-state index contributed by atoms with van der Waals surface area (Å²) in [6.07, 6.45) is 2.96. The number of hydrogen-bond acceptors (Lipinski definition) is 3. The molecule has 0 atom stereocenters. The molecule has 1 aromatic carbocycles. The van der Waals surface area contributed by atoms with Gasteiger partial charge in [0.05, 0.1) is 6.07 Å². The maximum absolute atomic E-state index is 11.3. The molecule has 0 aliphatic carbocycles. The average molecular weight is 257 g/mol. The molecule has 0 saturated carbocycles. The highest BCUT2D eigenvalue weighted by Gasteiger charge is 2.01. The minimum absolute atomic E-state index is 0.141. The first kappa shape index (κ1) is 14.5. The lowest BCUT2D eigenvalue weighted by molar-refractivity contribution is -0.120. The van der Waals surface area contributed by atoms with Crippen molar-refractivity contribution in [3.63, 3.8) is 0 Å². The van der Waals surface area contributed by atoms with E-state index in [1.165, 1.54) is 6.08 Å². The zero-order valence-corrected chi connectivity index (χ0v) is 10.6. The predicted molar refractivity (Wildman–Crippen MR) is 72.0 cm³/mol. The zero-order chi connectivity index (χ0) is 14.1. The van der Waals surface area contributed by atoms with Gasteiger partial charge in [-0.15, -0.1) is 0 Å². The Morgan fingerprint density at radius 1 is 1.32 bits per heavy atom. The van der Waals surface area contributed by atoms with E-state index in [-0.39, 0.29) is 18.2 Å². The number of hydrogen-bond donors (Lipinski definition) is 2. The van der Waals surface area contributed by atoms with Gasteiger partial charge in [-0.25, -0.2) is 0 Å². The molecule has 2 N–H and O–H groups in total. The summed E-state index contributed by atoms with van der Waals surface area (Å²) in [6, 6.07) is 8.90. The number of nitrogens with one attached hydrogen (secondary N) is 2. The van der Waals surface area contributed by atoms with Crippen molar-refractivity contribution < 1.29 is 9.59 Å². The second kappa shape index (κ2) is 7.67. The molecule has 0 heterocycles. The molecule has 0 radical (unpaired) electrons. The van der Waals surface area contributed by atoms with Crippen LogP contribution >= 0.6 is 0 Å². The maximum atomic E-state index is 11.3. The number of amides is 2. The molecule has 0 fully saturated rings. The first-order chi connectivity index (χ1) is 9.15. The largest absolute Gasteiger partial charge is 0.351 e. The first-order valence-corrected chi connectivity index (χ1v) is 5.82. The van der Waals surface area contributed by atoms with Gasteiger partial charge in [-0.3, -0.25) is 9.59 Å². The fourth-order valence-electron chi connectivity index (χ4n) is 1.38. The summed E-state index contributed by atoms with van der Waals surface area (Å²) >= 11 is 0. The van der Waals surface area contributed by atoms with Crippen LogP contribution in [0.2, 0.25) is 0 Å². The van der Waals surface area contributed by atoms with Crippen LogP contribution in [-0.2, 0) is 16.1 Å². The minimum atomic E-state index is -0.298. The van der Waals surface area contributed by atoms with Gasteiger partial charge in [0.1, 0.15) is 6.42 Å². The molecule has 0 aliphatic heterocycles. The molecular formula is C14H15N3O2. The zero-order valence-electron chi connectivity index (χ0n) is 10.6. The Labute approximate surface area is 111 Å². The van der Waals surface area contributed by atoms with Crippen molar-refractivity contribution in [3.8, 4) is 6.07 Å². The molecular weight excluding hydrogens is 242 g/mol. The Morgan fingerprint density at radius 3 is 2.58 bits per heavy atom. The van der Waals surface area contributed by atoms with E-state index in [2.05, 4.69) is 10.6 Å². The van der Waals surface area contributed by atoms with Crippen molar-refractivity contribution in [2.45, 2.75) is 19.9 Å². The molecule has 19 heavy (non-hydrogen) atoms. The molecule has 0 bridgehead atoms. The fourth-order valence-corrected chi connectivity index (χ4v) is 1.38. The standard InChI is InChI=1S/C14H15N3O2/c1-2-3-14(19)17-12-6-4-11(5-7-12)10-16-13(18)8-9-15/h2-7H,8,10H2,1H3,(H,16,18)(H,17,19)/b3-2+. The summed E-state index contributed by atoms with van der Waals surface area (Å²) in [5, 5.41) is 13.7. The van der Waals surface area contributed by atoms with Crippen molar-refractivity contribution in [1.82, 2.24) is 5.32 Å². The predicted octanol–water partition coefficient (Wildman–Crippen LogP) is 1.73. The summed E-state index contributed by atoms with van der Waals surface area (Å²) in [5.41, 5.74) is 1.59. The lowest BCUT2D eigenvalue weighted by Crippen LogP contribution is -2.21.